The Morgan fingerprint density at radius 1 is 0.979 bits per heavy atom. The number of nitrogen functional groups attached to an aromatic ring is 1. The largest absolute Gasteiger partial charge is 0.444 e. The van der Waals surface area contributed by atoms with Gasteiger partial charge >= 0.3 is 11.7 Å². The average molecular weight is 688 g/mol. The SMILES string of the molecule is Cc1c(CC(=O)NCc2ccc(CC(=O)NNC(=O)[C@@H](CC(C)C)NC(=O)OC(C)(C)C)cc2)c(=O)oc2cc(N)c(S(=O)(=O)O)cc12. The summed E-state index contributed by atoms with van der Waals surface area (Å²) < 4.78 is 43.3. The number of carbonyl (C=O) groups is 4. The van der Waals surface area contributed by atoms with Crippen molar-refractivity contribution in [3.8, 4) is 0 Å². The summed E-state index contributed by atoms with van der Waals surface area (Å²) >= 11 is 0. The van der Waals surface area contributed by atoms with Crippen LogP contribution >= 0.6 is 0 Å². The molecule has 260 valence electrons. The minimum atomic E-state index is -4.64. The molecule has 48 heavy (non-hydrogen) atoms. The summed E-state index contributed by atoms with van der Waals surface area (Å²) in [6.07, 6.45) is -0.848. The first-order valence-electron chi connectivity index (χ1n) is 15.0. The second kappa shape index (κ2) is 15.3. The fraction of sp³-hybridized carbons (Fsp3) is 0.406. The fourth-order valence-electron chi connectivity index (χ4n) is 4.66. The summed E-state index contributed by atoms with van der Waals surface area (Å²) in [7, 11) is -4.64. The number of ether oxygens (including phenoxy) is 1. The second-order valence-electron chi connectivity index (χ2n) is 12.7. The molecule has 0 aliphatic carbocycles. The maximum Gasteiger partial charge on any atom is 0.408 e. The number of nitrogens with two attached hydrogens (primary N) is 1. The van der Waals surface area contributed by atoms with Gasteiger partial charge in [-0.25, -0.2) is 9.59 Å². The van der Waals surface area contributed by atoms with Gasteiger partial charge in [0.05, 0.1) is 24.1 Å². The van der Waals surface area contributed by atoms with E-state index in [0.717, 1.165) is 12.1 Å². The van der Waals surface area contributed by atoms with E-state index >= 15 is 0 Å². The number of hydrogen-bond acceptors (Lipinski definition) is 10. The molecule has 0 saturated carbocycles. The predicted octanol–water partition coefficient (Wildman–Crippen LogP) is 2.42. The van der Waals surface area contributed by atoms with Gasteiger partial charge in [-0.15, -0.1) is 0 Å². The first-order valence-corrected chi connectivity index (χ1v) is 16.4. The molecule has 1 aromatic heterocycles. The Labute approximate surface area is 277 Å². The third-order valence-electron chi connectivity index (χ3n) is 6.95. The number of fused-ring (bicyclic) bond motifs is 1. The van der Waals surface area contributed by atoms with Crippen LogP contribution < -0.4 is 32.8 Å². The first-order chi connectivity index (χ1) is 22.2. The van der Waals surface area contributed by atoms with Gasteiger partial charge in [-0.05, 0) is 62.8 Å². The third-order valence-corrected chi connectivity index (χ3v) is 7.86. The lowest BCUT2D eigenvalue weighted by Crippen LogP contribution is -2.53. The van der Waals surface area contributed by atoms with E-state index in [1.807, 2.05) is 13.8 Å². The van der Waals surface area contributed by atoms with Crippen molar-refractivity contribution in [2.24, 2.45) is 5.92 Å². The topological polar surface area (TPSA) is 236 Å². The van der Waals surface area contributed by atoms with Gasteiger partial charge in [0.1, 0.15) is 22.1 Å². The van der Waals surface area contributed by atoms with Crippen LogP contribution in [0, 0.1) is 12.8 Å². The van der Waals surface area contributed by atoms with Crippen molar-refractivity contribution >= 4 is 50.6 Å². The molecule has 3 aromatic rings. The monoisotopic (exact) mass is 687 g/mol. The number of anilines is 1. The van der Waals surface area contributed by atoms with Crippen LogP contribution in [0.1, 0.15) is 63.3 Å². The van der Waals surface area contributed by atoms with Gasteiger partial charge in [0.15, 0.2) is 0 Å². The Hall–Kier alpha value is -4.96. The Balaban J connectivity index is 1.55. The van der Waals surface area contributed by atoms with Crippen molar-refractivity contribution in [2.75, 3.05) is 5.73 Å². The molecular weight excluding hydrogens is 646 g/mol. The Morgan fingerprint density at radius 2 is 1.60 bits per heavy atom. The highest BCUT2D eigenvalue weighted by atomic mass is 32.2. The molecule has 0 aliphatic rings. The van der Waals surface area contributed by atoms with E-state index < -0.39 is 56.1 Å². The van der Waals surface area contributed by atoms with Gasteiger partial charge in [0.2, 0.25) is 11.8 Å². The van der Waals surface area contributed by atoms with E-state index in [-0.39, 0.29) is 47.5 Å². The predicted molar refractivity (Wildman–Crippen MR) is 176 cm³/mol. The summed E-state index contributed by atoms with van der Waals surface area (Å²) in [4.78, 5) is 62.1. The molecule has 3 rings (SSSR count). The van der Waals surface area contributed by atoms with Crippen molar-refractivity contribution in [2.45, 2.75) is 83.9 Å². The lowest BCUT2D eigenvalue weighted by molar-refractivity contribution is -0.130. The molecule has 0 spiro atoms. The first kappa shape index (κ1) is 37.5. The van der Waals surface area contributed by atoms with Crippen LogP contribution in [0.15, 0.2) is 50.5 Å². The maximum absolute atomic E-state index is 12.7. The number of rotatable bonds is 11. The summed E-state index contributed by atoms with van der Waals surface area (Å²) in [6.45, 7) is 10.5. The van der Waals surface area contributed by atoms with Crippen molar-refractivity contribution in [3.05, 3.63) is 69.1 Å². The zero-order valence-electron chi connectivity index (χ0n) is 27.6. The number of nitrogens with one attached hydrogen (secondary N) is 4. The number of amides is 4. The van der Waals surface area contributed by atoms with Gasteiger partial charge in [0, 0.05) is 18.0 Å². The Kier molecular flexibility index (Phi) is 11.9. The molecule has 0 unspecified atom stereocenters. The van der Waals surface area contributed by atoms with E-state index in [4.69, 9.17) is 14.9 Å². The lowest BCUT2D eigenvalue weighted by Gasteiger charge is -2.24. The Morgan fingerprint density at radius 3 is 2.19 bits per heavy atom. The van der Waals surface area contributed by atoms with Gasteiger partial charge < -0.3 is 25.5 Å². The molecule has 0 aliphatic heterocycles. The van der Waals surface area contributed by atoms with Gasteiger partial charge in [-0.1, -0.05) is 38.1 Å². The molecule has 2 aromatic carbocycles. The van der Waals surface area contributed by atoms with Crippen LogP contribution in [0.2, 0.25) is 0 Å². The summed E-state index contributed by atoms with van der Waals surface area (Å²) in [6, 6.07) is 8.03. The second-order valence-corrected chi connectivity index (χ2v) is 14.1. The Bertz CT molecular complexity index is 1860. The van der Waals surface area contributed by atoms with Crippen LogP contribution in [-0.2, 0) is 48.6 Å². The van der Waals surface area contributed by atoms with Crippen molar-refractivity contribution in [3.63, 3.8) is 0 Å². The van der Waals surface area contributed by atoms with Crippen LogP contribution in [0.4, 0.5) is 10.5 Å². The zero-order valence-corrected chi connectivity index (χ0v) is 28.4. The molecule has 0 bridgehead atoms. The number of aryl methyl sites for hydroxylation is 1. The molecule has 16 heteroatoms. The number of carbonyl (C=O) groups excluding carboxylic acids is 4. The summed E-state index contributed by atoms with van der Waals surface area (Å²) in [5.41, 5.74) is 10.2. The van der Waals surface area contributed by atoms with Gasteiger partial charge in [-0.3, -0.25) is 29.8 Å². The highest BCUT2D eigenvalue weighted by Gasteiger charge is 2.26. The molecule has 15 nitrogen and oxygen atoms in total. The number of alkyl carbamates (subject to hydrolysis) is 1. The van der Waals surface area contributed by atoms with Crippen molar-refractivity contribution in [1.29, 1.82) is 0 Å². The molecule has 1 atom stereocenters. The number of benzene rings is 2. The van der Waals surface area contributed by atoms with Crippen LogP contribution in [-0.4, -0.2) is 48.4 Å². The number of hydrogen-bond donors (Lipinski definition) is 6. The summed E-state index contributed by atoms with van der Waals surface area (Å²) in [5.74, 6) is -1.54. The molecule has 4 amide bonds. The zero-order chi connectivity index (χ0) is 36.0. The van der Waals surface area contributed by atoms with Crippen molar-refractivity contribution < 1.29 is 41.3 Å². The standard InChI is InChI=1S/C32H41N5O10S/c1-17(2)11-24(35-31(42)47-32(4,5)6)29(40)37-36-28(39)12-19-7-9-20(10-8-19)16-34-27(38)14-22-18(3)21-13-26(48(43,44)45)23(33)15-25(21)46-30(22)41/h7-10,13,15,17,24H,11-12,14,16,33H2,1-6H3,(H,34,38)(H,35,42)(H,36,39)(H,37,40)(H,43,44,45)/t24-/m1/s1. The van der Waals surface area contributed by atoms with Gasteiger partial charge in [0.25, 0.3) is 16.0 Å². The van der Waals surface area contributed by atoms with Gasteiger partial charge in [-0.2, -0.15) is 8.42 Å². The summed E-state index contributed by atoms with van der Waals surface area (Å²) in [5, 5.41) is 5.43. The van der Waals surface area contributed by atoms with E-state index in [1.165, 1.54) is 6.92 Å². The minimum Gasteiger partial charge on any atom is -0.444 e. The van der Waals surface area contributed by atoms with E-state index in [1.54, 1.807) is 45.0 Å². The van der Waals surface area contributed by atoms with Crippen LogP contribution in [0.5, 0.6) is 0 Å². The fourth-order valence-corrected chi connectivity index (χ4v) is 5.28. The quantitative estimate of drug-likeness (QED) is 0.0741. The average Bonchev–Trinajstić information content (AvgIpc) is 2.95. The number of hydrazine groups is 1. The minimum absolute atomic E-state index is 0.00763. The molecule has 0 saturated heterocycles. The van der Waals surface area contributed by atoms with Crippen molar-refractivity contribution in [1.82, 2.24) is 21.5 Å². The van der Waals surface area contributed by atoms with Crippen LogP contribution in [0.25, 0.3) is 11.0 Å². The van der Waals surface area contributed by atoms with E-state index in [9.17, 15) is 36.9 Å². The molecule has 0 fully saturated rings. The lowest BCUT2D eigenvalue weighted by atomic mass is 10.0. The van der Waals surface area contributed by atoms with E-state index in [2.05, 4.69) is 21.5 Å². The smallest absolute Gasteiger partial charge is 0.408 e. The molecule has 7 N–H and O–H groups in total. The maximum atomic E-state index is 12.7. The van der Waals surface area contributed by atoms with E-state index in [0.29, 0.717) is 23.1 Å². The molecule has 0 radical (unpaired) electrons. The highest BCUT2D eigenvalue weighted by molar-refractivity contribution is 7.86. The van der Waals surface area contributed by atoms with Crippen LogP contribution in [0.3, 0.4) is 0 Å². The highest BCUT2D eigenvalue weighted by Crippen LogP contribution is 2.28. The molecular formula is C32H41N5O10S. The molecule has 1 heterocycles. The normalized spacial score (nSPS) is 12.3. The third kappa shape index (κ3) is 10.8.